The lowest BCUT2D eigenvalue weighted by Gasteiger charge is -2.41. The molecule has 0 spiro atoms. The quantitative estimate of drug-likeness (QED) is 0.834. The van der Waals surface area contributed by atoms with E-state index in [4.69, 9.17) is 0 Å². The Morgan fingerprint density at radius 3 is 2.59 bits per heavy atom. The zero-order chi connectivity index (χ0) is 14.9. The number of fused-ring (bicyclic) bond motifs is 2. The van der Waals surface area contributed by atoms with Crippen LogP contribution < -0.4 is 5.32 Å². The van der Waals surface area contributed by atoms with Crippen LogP contribution in [0.15, 0.2) is 53.0 Å². The third-order valence-electron chi connectivity index (χ3n) is 5.32. The summed E-state index contributed by atoms with van der Waals surface area (Å²) in [6.07, 6.45) is 6.26. The second-order valence-electron chi connectivity index (χ2n) is 6.82. The molecule has 2 aromatic carbocycles. The minimum absolute atomic E-state index is 0.612. The molecular weight excluding hydrogens is 334 g/mol. The molecule has 0 radical (unpaired) electrons. The van der Waals surface area contributed by atoms with Gasteiger partial charge in [0.1, 0.15) is 0 Å². The van der Waals surface area contributed by atoms with Gasteiger partial charge in [-0.15, -0.1) is 0 Å². The first-order valence-corrected chi connectivity index (χ1v) is 9.14. The summed E-state index contributed by atoms with van der Waals surface area (Å²) in [5.74, 6) is 0.761. The van der Waals surface area contributed by atoms with Gasteiger partial charge in [-0.05, 0) is 66.8 Å². The molecule has 1 fully saturated rings. The number of rotatable bonds is 2. The van der Waals surface area contributed by atoms with E-state index < -0.39 is 0 Å². The van der Waals surface area contributed by atoms with E-state index in [-0.39, 0.29) is 0 Å². The van der Waals surface area contributed by atoms with Crippen LogP contribution in [0.1, 0.15) is 29.5 Å². The van der Waals surface area contributed by atoms with Crippen LogP contribution in [0.2, 0.25) is 0 Å². The highest BCUT2D eigenvalue weighted by Crippen LogP contribution is 2.32. The molecule has 22 heavy (non-hydrogen) atoms. The highest BCUT2D eigenvalue weighted by atomic mass is 79.9. The lowest BCUT2D eigenvalue weighted by Crippen LogP contribution is -2.51. The van der Waals surface area contributed by atoms with Gasteiger partial charge in [-0.25, -0.2) is 0 Å². The monoisotopic (exact) mass is 355 g/mol. The predicted molar refractivity (Wildman–Crippen MR) is 95.1 cm³/mol. The van der Waals surface area contributed by atoms with Gasteiger partial charge in [0.25, 0.3) is 0 Å². The van der Waals surface area contributed by atoms with Crippen LogP contribution in [0.4, 0.5) is 0 Å². The van der Waals surface area contributed by atoms with Crippen LogP contribution in [0.5, 0.6) is 0 Å². The lowest BCUT2D eigenvalue weighted by atomic mass is 9.75. The number of nitrogens with one attached hydrogen (secondary N) is 1. The van der Waals surface area contributed by atoms with Crippen LogP contribution in [0.3, 0.4) is 0 Å². The average Bonchev–Trinajstić information content (AvgIpc) is 2.48. The Morgan fingerprint density at radius 2 is 1.77 bits per heavy atom. The van der Waals surface area contributed by atoms with Crippen molar-refractivity contribution in [2.24, 2.45) is 5.92 Å². The Morgan fingerprint density at radius 1 is 0.955 bits per heavy atom. The maximum atomic E-state index is 3.95. The van der Waals surface area contributed by atoms with Crippen molar-refractivity contribution < 1.29 is 0 Å². The largest absolute Gasteiger partial charge is 0.310 e. The van der Waals surface area contributed by atoms with Crippen LogP contribution in [0.25, 0.3) is 0 Å². The molecule has 0 unspecified atom stereocenters. The van der Waals surface area contributed by atoms with E-state index in [2.05, 4.69) is 69.8 Å². The van der Waals surface area contributed by atoms with E-state index in [0.29, 0.717) is 12.1 Å². The number of hydrogen-bond donors (Lipinski definition) is 1. The Hall–Kier alpha value is -1.12. The average molecular weight is 356 g/mol. The highest BCUT2D eigenvalue weighted by molar-refractivity contribution is 9.10. The smallest absolute Gasteiger partial charge is 0.0178 e. The summed E-state index contributed by atoms with van der Waals surface area (Å²) in [5.41, 5.74) is 4.58. The summed E-state index contributed by atoms with van der Waals surface area (Å²) in [5, 5.41) is 3.95. The molecule has 114 valence electrons. The minimum Gasteiger partial charge on any atom is -0.310 e. The molecule has 1 N–H and O–H groups in total. The van der Waals surface area contributed by atoms with E-state index in [0.717, 1.165) is 12.3 Å². The molecule has 2 aromatic rings. The highest BCUT2D eigenvalue weighted by Gasteiger charge is 2.32. The summed E-state index contributed by atoms with van der Waals surface area (Å²) in [6.45, 7) is 0. The van der Waals surface area contributed by atoms with E-state index in [1.54, 1.807) is 11.1 Å². The standard InChI is InChI=1S/C20H22BrN/c21-18-7-3-4-14(10-18)11-20-17-8-9-19(22-20)13-16-6-2-1-5-15(16)12-17/h1-7,10,17,19-20,22H,8-9,11-13H2/t17-,19+,20+/m1/s1. The summed E-state index contributed by atoms with van der Waals surface area (Å²) >= 11 is 3.60. The Bertz CT molecular complexity index is 666. The van der Waals surface area contributed by atoms with Crippen LogP contribution in [0, 0.1) is 5.92 Å². The normalized spacial score (nSPS) is 27.0. The molecule has 2 bridgehead atoms. The molecule has 3 atom stereocenters. The zero-order valence-corrected chi connectivity index (χ0v) is 14.4. The maximum Gasteiger partial charge on any atom is 0.0178 e. The minimum atomic E-state index is 0.612. The van der Waals surface area contributed by atoms with Crippen molar-refractivity contribution in [1.29, 1.82) is 0 Å². The summed E-state index contributed by atoms with van der Waals surface area (Å²) < 4.78 is 1.19. The SMILES string of the molecule is Brc1cccc(C[C@@H]2N[C@H]3CC[C@@H]2Cc2ccccc2C3)c1. The van der Waals surface area contributed by atoms with Crippen molar-refractivity contribution in [3.63, 3.8) is 0 Å². The van der Waals surface area contributed by atoms with Crippen LogP contribution in [-0.2, 0) is 19.3 Å². The second kappa shape index (κ2) is 6.17. The van der Waals surface area contributed by atoms with E-state index >= 15 is 0 Å². The van der Waals surface area contributed by atoms with Crippen molar-refractivity contribution in [1.82, 2.24) is 5.32 Å². The molecule has 1 aliphatic carbocycles. The first-order chi connectivity index (χ1) is 10.8. The Labute approximate surface area is 141 Å². The van der Waals surface area contributed by atoms with Gasteiger partial charge in [-0.2, -0.15) is 0 Å². The van der Waals surface area contributed by atoms with Gasteiger partial charge in [0.15, 0.2) is 0 Å². The Kier molecular flexibility index (Phi) is 4.06. The molecular formula is C20H22BrN. The van der Waals surface area contributed by atoms with Crippen LogP contribution >= 0.6 is 15.9 Å². The predicted octanol–water partition coefficient (Wildman–Crippen LogP) is 4.53. The molecule has 1 nitrogen and oxygen atoms in total. The molecule has 2 heterocycles. The molecule has 1 saturated heterocycles. The summed E-state index contributed by atoms with van der Waals surface area (Å²) in [4.78, 5) is 0. The van der Waals surface area contributed by atoms with Gasteiger partial charge in [0.05, 0.1) is 0 Å². The van der Waals surface area contributed by atoms with Crippen molar-refractivity contribution in [3.8, 4) is 0 Å². The first-order valence-electron chi connectivity index (χ1n) is 8.35. The fraction of sp³-hybridized carbons (Fsp3) is 0.400. The molecule has 3 aliphatic rings. The van der Waals surface area contributed by atoms with Gasteiger partial charge >= 0.3 is 0 Å². The van der Waals surface area contributed by atoms with Crippen molar-refractivity contribution >= 4 is 15.9 Å². The summed E-state index contributed by atoms with van der Waals surface area (Å²) in [6, 6.07) is 19.1. The van der Waals surface area contributed by atoms with Gasteiger partial charge in [-0.1, -0.05) is 52.3 Å². The van der Waals surface area contributed by atoms with Gasteiger partial charge < -0.3 is 5.32 Å². The van der Waals surface area contributed by atoms with Crippen molar-refractivity contribution in [2.45, 2.75) is 44.2 Å². The topological polar surface area (TPSA) is 12.0 Å². The van der Waals surface area contributed by atoms with Gasteiger partial charge in [0, 0.05) is 16.6 Å². The van der Waals surface area contributed by atoms with Crippen LogP contribution in [-0.4, -0.2) is 12.1 Å². The third kappa shape index (κ3) is 3.00. The molecule has 2 aliphatic heterocycles. The Balaban J connectivity index is 1.58. The maximum absolute atomic E-state index is 3.95. The molecule has 2 heteroatoms. The molecule has 0 saturated carbocycles. The van der Waals surface area contributed by atoms with E-state index in [9.17, 15) is 0 Å². The van der Waals surface area contributed by atoms with E-state index in [1.165, 1.54) is 35.7 Å². The number of hydrogen-bond acceptors (Lipinski definition) is 1. The lowest BCUT2D eigenvalue weighted by molar-refractivity contribution is 0.217. The molecule has 0 aromatic heterocycles. The first kappa shape index (κ1) is 14.5. The van der Waals surface area contributed by atoms with E-state index in [1.807, 2.05) is 0 Å². The zero-order valence-electron chi connectivity index (χ0n) is 12.8. The fourth-order valence-electron chi connectivity index (χ4n) is 4.19. The molecule has 0 amide bonds. The van der Waals surface area contributed by atoms with Gasteiger partial charge in [-0.3, -0.25) is 0 Å². The number of piperidine rings is 1. The second-order valence-corrected chi connectivity index (χ2v) is 7.73. The number of benzene rings is 2. The number of halogens is 1. The third-order valence-corrected chi connectivity index (χ3v) is 5.81. The molecule has 5 rings (SSSR count). The van der Waals surface area contributed by atoms with Crippen molar-refractivity contribution in [2.75, 3.05) is 0 Å². The van der Waals surface area contributed by atoms with Gasteiger partial charge in [0.2, 0.25) is 0 Å². The summed E-state index contributed by atoms with van der Waals surface area (Å²) in [7, 11) is 0. The fourth-order valence-corrected chi connectivity index (χ4v) is 4.64. The van der Waals surface area contributed by atoms with Crippen molar-refractivity contribution in [3.05, 3.63) is 69.7 Å².